The highest BCUT2D eigenvalue weighted by Crippen LogP contribution is 2.28. The summed E-state index contributed by atoms with van der Waals surface area (Å²) >= 11 is 0. The predicted molar refractivity (Wildman–Crippen MR) is 90.8 cm³/mol. The van der Waals surface area contributed by atoms with Gasteiger partial charge in [0.05, 0.1) is 12.1 Å². The number of aromatic amines is 1. The Hall–Kier alpha value is -1.82. The van der Waals surface area contributed by atoms with Crippen LogP contribution in [0.25, 0.3) is 0 Å². The molecule has 6 nitrogen and oxygen atoms in total. The molecule has 2 saturated heterocycles. The molecule has 0 saturated carbocycles. The molecule has 1 unspecified atom stereocenters. The lowest BCUT2D eigenvalue weighted by atomic mass is 9.90. The third-order valence-corrected chi connectivity index (χ3v) is 5.14. The molecule has 0 radical (unpaired) electrons. The first-order valence-electron chi connectivity index (χ1n) is 8.91. The lowest BCUT2D eigenvalue weighted by Gasteiger charge is -2.40. The Kier molecular flexibility index (Phi) is 4.67. The summed E-state index contributed by atoms with van der Waals surface area (Å²) in [6.07, 6.45) is 4.82. The molecular weight excluding hydrogens is 306 g/mol. The van der Waals surface area contributed by atoms with Gasteiger partial charge in [0.1, 0.15) is 0 Å². The van der Waals surface area contributed by atoms with Crippen LogP contribution in [0.3, 0.4) is 0 Å². The number of H-pyrrole nitrogens is 1. The van der Waals surface area contributed by atoms with E-state index in [1.165, 1.54) is 0 Å². The number of rotatable bonds is 3. The minimum atomic E-state index is -1.44. The number of hydrogen-bond acceptors (Lipinski definition) is 3. The summed E-state index contributed by atoms with van der Waals surface area (Å²) in [5.74, 6) is -0.100. The maximum absolute atomic E-state index is 12.9. The predicted octanol–water partition coefficient (Wildman–Crippen LogP) is 1.73. The van der Waals surface area contributed by atoms with Crippen molar-refractivity contribution in [3.8, 4) is 0 Å². The van der Waals surface area contributed by atoms with E-state index in [1.807, 2.05) is 13.8 Å². The van der Waals surface area contributed by atoms with E-state index >= 15 is 0 Å². The van der Waals surface area contributed by atoms with Gasteiger partial charge in [0.25, 0.3) is 11.8 Å². The van der Waals surface area contributed by atoms with Gasteiger partial charge in [-0.05, 0) is 37.7 Å². The summed E-state index contributed by atoms with van der Waals surface area (Å²) in [4.78, 5) is 32.1. The van der Waals surface area contributed by atoms with Crippen LogP contribution >= 0.6 is 0 Å². The molecule has 2 aliphatic heterocycles. The van der Waals surface area contributed by atoms with Crippen molar-refractivity contribution in [2.24, 2.45) is 0 Å². The average Bonchev–Trinajstić information content (AvgIpc) is 3.24. The number of β-amino-alcohol motifs (C(OH)–C–C–N with tert-alkyl or cyclic N) is 1. The van der Waals surface area contributed by atoms with Crippen molar-refractivity contribution in [1.29, 1.82) is 0 Å². The van der Waals surface area contributed by atoms with Crippen LogP contribution in [0.1, 0.15) is 61.5 Å². The number of hydrogen-bond donors (Lipinski definition) is 2. The molecule has 2 aliphatic rings. The number of aliphatic hydroxyl groups is 1. The lowest BCUT2D eigenvalue weighted by molar-refractivity contribution is -0.154. The van der Waals surface area contributed by atoms with Crippen molar-refractivity contribution in [2.45, 2.75) is 51.0 Å². The fraction of sp³-hybridized carbons (Fsp3) is 0.667. The Morgan fingerprint density at radius 2 is 1.83 bits per heavy atom. The number of carbonyl (C=O) groups excluding carboxylic acids is 2. The van der Waals surface area contributed by atoms with Crippen LogP contribution in [0, 0.1) is 0 Å². The Balaban J connectivity index is 1.76. The molecule has 1 aromatic rings. The number of nitrogens with zero attached hydrogens (tertiary/aromatic N) is 2. The molecule has 0 aromatic carbocycles. The van der Waals surface area contributed by atoms with E-state index in [4.69, 9.17) is 0 Å². The fourth-order valence-electron chi connectivity index (χ4n) is 3.82. The van der Waals surface area contributed by atoms with Crippen molar-refractivity contribution < 1.29 is 14.7 Å². The number of likely N-dealkylation sites (tertiary alicyclic amines) is 2. The van der Waals surface area contributed by atoms with Gasteiger partial charge >= 0.3 is 0 Å². The van der Waals surface area contributed by atoms with Crippen LogP contribution in [0.15, 0.2) is 12.3 Å². The maximum atomic E-state index is 12.9. The maximum Gasteiger partial charge on any atom is 0.256 e. The third kappa shape index (κ3) is 3.07. The van der Waals surface area contributed by atoms with Crippen molar-refractivity contribution in [2.75, 3.05) is 26.2 Å². The smallest absolute Gasteiger partial charge is 0.256 e. The standard InChI is InChI=1S/C18H27N3O3/c1-13(2)15-14(6-8-19-15)16(22)21-11-5-7-18(24,12-21)17(23)20-9-3-4-10-20/h6,8,13,19,24H,3-5,7,9-12H2,1-2H3. The molecule has 1 atom stereocenters. The second kappa shape index (κ2) is 6.59. The topological polar surface area (TPSA) is 76.6 Å². The molecular formula is C18H27N3O3. The van der Waals surface area contributed by atoms with E-state index in [0.29, 0.717) is 38.0 Å². The number of amides is 2. The van der Waals surface area contributed by atoms with Crippen LogP contribution in [0.5, 0.6) is 0 Å². The van der Waals surface area contributed by atoms with Gasteiger partial charge in [-0.1, -0.05) is 13.8 Å². The fourth-order valence-corrected chi connectivity index (χ4v) is 3.82. The van der Waals surface area contributed by atoms with Crippen LogP contribution in [-0.2, 0) is 4.79 Å². The SMILES string of the molecule is CC(C)c1[nH]ccc1C(=O)N1CCCC(O)(C(=O)N2CCCC2)C1. The third-order valence-electron chi connectivity index (χ3n) is 5.14. The zero-order chi connectivity index (χ0) is 17.3. The number of nitrogens with one attached hydrogen (secondary N) is 1. The van der Waals surface area contributed by atoms with Crippen LogP contribution < -0.4 is 0 Å². The lowest BCUT2D eigenvalue weighted by Crippen LogP contribution is -2.58. The molecule has 3 heterocycles. The van der Waals surface area contributed by atoms with Gasteiger partial charge in [0, 0.05) is 31.5 Å². The highest BCUT2D eigenvalue weighted by Gasteiger charge is 2.44. The van der Waals surface area contributed by atoms with E-state index in [9.17, 15) is 14.7 Å². The normalized spacial score (nSPS) is 24.7. The van der Waals surface area contributed by atoms with Crippen molar-refractivity contribution in [3.63, 3.8) is 0 Å². The van der Waals surface area contributed by atoms with Crippen LogP contribution in [-0.4, -0.2) is 63.5 Å². The number of aromatic nitrogens is 1. The highest BCUT2D eigenvalue weighted by atomic mass is 16.3. The van der Waals surface area contributed by atoms with Gasteiger partial charge in [-0.15, -0.1) is 0 Å². The highest BCUT2D eigenvalue weighted by molar-refractivity contribution is 5.96. The van der Waals surface area contributed by atoms with Crippen LogP contribution in [0.4, 0.5) is 0 Å². The zero-order valence-electron chi connectivity index (χ0n) is 14.5. The van der Waals surface area contributed by atoms with Crippen molar-refractivity contribution in [1.82, 2.24) is 14.8 Å². The first kappa shape index (κ1) is 17.0. The monoisotopic (exact) mass is 333 g/mol. The summed E-state index contributed by atoms with van der Waals surface area (Å²) in [5.41, 5.74) is 0.106. The van der Waals surface area contributed by atoms with Gasteiger partial charge in [-0.3, -0.25) is 9.59 Å². The summed E-state index contributed by atoms with van der Waals surface area (Å²) in [6.45, 7) is 6.16. The van der Waals surface area contributed by atoms with Gasteiger partial charge in [0.15, 0.2) is 5.60 Å². The molecule has 132 valence electrons. The van der Waals surface area contributed by atoms with Gasteiger partial charge < -0.3 is 19.9 Å². The van der Waals surface area contributed by atoms with Crippen LogP contribution in [0.2, 0.25) is 0 Å². The van der Waals surface area contributed by atoms with E-state index in [-0.39, 0.29) is 24.3 Å². The van der Waals surface area contributed by atoms with E-state index < -0.39 is 5.60 Å². The minimum Gasteiger partial charge on any atom is -0.378 e. The minimum absolute atomic E-state index is 0.0872. The summed E-state index contributed by atoms with van der Waals surface area (Å²) in [5, 5.41) is 10.9. The Bertz CT molecular complexity index is 619. The molecule has 0 bridgehead atoms. The van der Waals surface area contributed by atoms with Crippen molar-refractivity contribution in [3.05, 3.63) is 23.5 Å². The second-order valence-corrected chi connectivity index (χ2v) is 7.32. The van der Waals surface area contributed by atoms with E-state index in [2.05, 4.69) is 4.98 Å². The Morgan fingerprint density at radius 1 is 1.17 bits per heavy atom. The molecule has 6 heteroatoms. The molecule has 2 amide bonds. The van der Waals surface area contributed by atoms with Crippen molar-refractivity contribution >= 4 is 11.8 Å². The molecule has 2 N–H and O–H groups in total. The quantitative estimate of drug-likeness (QED) is 0.884. The zero-order valence-corrected chi connectivity index (χ0v) is 14.5. The molecule has 1 aromatic heterocycles. The largest absolute Gasteiger partial charge is 0.378 e. The first-order valence-corrected chi connectivity index (χ1v) is 8.91. The molecule has 0 spiro atoms. The summed E-state index contributed by atoms with van der Waals surface area (Å²) in [7, 11) is 0. The van der Waals surface area contributed by atoms with E-state index in [1.54, 1.807) is 22.1 Å². The summed E-state index contributed by atoms with van der Waals surface area (Å²) in [6, 6.07) is 1.79. The first-order chi connectivity index (χ1) is 11.4. The van der Waals surface area contributed by atoms with Gasteiger partial charge in [-0.2, -0.15) is 0 Å². The molecule has 0 aliphatic carbocycles. The number of piperidine rings is 1. The molecule has 2 fully saturated rings. The Labute approximate surface area is 142 Å². The number of carbonyl (C=O) groups is 2. The summed E-state index contributed by atoms with van der Waals surface area (Å²) < 4.78 is 0. The van der Waals surface area contributed by atoms with E-state index in [0.717, 1.165) is 18.5 Å². The average molecular weight is 333 g/mol. The molecule has 24 heavy (non-hydrogen) atoms. The molecule has 3 rings (SSSR count). The van der Waals surface area contributed by atoms with Gasteiger partial charge in [-0.25, -0.2) is 0 Å². The second-order valence-electron chi connectivity index (χ2n) is 7.32. The Morgan fingerprint density at radius 3 is 2.50 bits per heavy atom. The van der Waals surface area contributed by atoms with Gasteiger partial charge in [0.2, 0.25) is 0 Å².